The van der Waals surface area contributed by atoms with Crippen LogP contribution in [0.4, 0.5) is 0 Å². The van der Waals surface area contributed by atoms with Gasteiger partial charge in [0.1, 0.15) is 0 Å². The van der Waals surface area contributed by atoms with E-state index in [1.54, 1.807) is 18.4 Å². The van der Waals surface area contributed by atoms with Gasteiger partial charge in [0.2, 0.25) is 0 Å². The van der Waals surface area contributed by atoms with Crippen LogP contribution in [0.1, 0.15) is 108 Å². The first-order valence-corrected chi connectivity index (χ1v) is 13.9. The molecule has 1 aromatic carbocycles. The minimum absolute atomic E-state index is 0.823. The van der Waals surface area contributed by atoms with E-state index in [0.29, 0.717) is 0 Å². The maximum atomic E-state index is 4.01. The number of aryl methyl sites for hydroxylation is 1. The summed E-state index contributed by atoms with van der Waals surface area (Å²) in [7, 11) is 0. The predicted molar refractivity (Wildman–Crippen MR) is 135 cm³/mol. The second-order valence-corrected chi connectivity index (χ2v) is 11.6. The number of allylic oxidation sites excluding steroid dienone is 1. The summed E-state index contributed by atoms with van der Waals surface area (Å²) in [6, 6.07) is 9.44. The number of hydrogen-bond acceptors (Lipinski definition) is 0. The van der Waals surface area contributed by atoms with Crippen molar-refractivity contribution >= 4 is 0 Å². The molecule has 0 aromatic heterocycles. The maximum absolute atomic E-state index is 4.01. The molecular formula is C31H48. The summed E-state index contributed by atoms with van der Waals surface area (Å²) in [5, 5.41) is 0. The summed E-state index contributed by atoms with van der Waals surface area (Å²) in [4.78, 5) is 0. The molecule has 3 saturated carbocycles. The Morgan fingerprint density at radius 1 is 0.613 bits per heavy atom. The van der Waals surface area contributed by atoms with E-state index >= 15 is 0 Å². The first-order valence-electron chi connectivity index (χ1n) is 13.9. The van der Waals surface area contributed by atoms with Crippen molar-refractivity contribution in [3.05, 3.63) is 48.0 Å². The molecule has 0 saturated heterocycles. The summed E-state index contributed by atoms with van der Waals surface area (Å²) in [5.74, 6) is 5.94. The van der Waals surface area contributed by atoms with Gasteiger partial charge in [0.05, 0.1) is 0 Å². The molecule has 0 spiro atoms. The van der Waals surface area contributed by atoms with Crippen LogP contribution in [0.3, 0.4) is 0 Å². The third kappa shape index (κ3) is 6.97. The molecule has 0 heteroatoms. The minimum atomic E-state index is 0.823. The molecular weight excluding hydrogens is 372 g/mol. The fraction of sp³-hybridized carbons (Fsp3) is 0.742. The second kappa shape index (κ2) is 11.7. The van der Waals surface area contributed by atoms with E-state index in [4.69, 9.17) is 0 Å². The zero-order valence-corrected chi connectivity index (χ0v) is 20.4. The van der Waals surface area contributed by atoms with Gasteiger partial charge in [-0.05, 0) is 111 Å². The van der Waals surface area contributed by atoms with E-state index in [1.165, 1.54) is 89.0 Å². The Balaban J connectivity index is 1.11. The summed E-state index contributed by atoms with van der Waals surface area (Å²) in [6.45, 7) is 6.26. The van der Waals surface area contributed by atoms with Crippen molar-refractivity contribution in [2.24, 2.45) is 35.5 Å². The lowest BCUT2D eigenvalue weighted by Crippen LogP contribution is -2.23. The van der Waals surface area contributed by atoms with Crippen LogP contribution in [0.25, 0.3) is 0 Å². The van der Waals surface area contributed by atoms with E-state index in [9.17, 15) is 0 Å². The van der Waals surface area contributed by atoms with Gasteiger partial charge in [-0.2, -0.15) is 0 Å². The van der Waals surface area contributed by atoms with E-state index in [2.05, 4.69) is 43.8 Å². The molecule has 0 nitrogen and oxygen atoms in total. The Morgan fingerprint density at radius 3 is 1.42 bits per heavy atom. The molecule has 3 aliphatic carbocycles. The summed E-state index contributed by atoms with van der Waals surface area (Å²) < 4.78 is 0. The van der Waals surface area contributed by atoms with Gasteiger partial charge in [-0.25, -0.2) is 0 Å². The lowest BCUT2D eigenvalue weighted by molar-refractivity contribution is 0.168. The third-order valence-corrected chi connectivity index (χ3v) is 9.45. The molecule has 0 aliphatic heterocycles. The van der Waals surface area contributed by atoms with Crippen LogP contribution in [0.2, 0.25) is 0 Å². The standard InChI is InChI=1S/C31H48/c1-3-24-5-9-26(10-6-24)21-28-13-17-30(18-14-28)23-31-19-15-29(16-20-31)22-27-11-7-25(4-2)8-12-27/h3,7-8,11-12,24,26,28-31H,1,4-6,9-10,13-23H2,2H3. The van der Waals surface area contributed by atoms with Crippen molar-refractivity contribution in [3.8, 4) is 0 Å². The zero-order valence-electron chi connectivity index (χ0n) is 20.4. The van der Waals surface area contributed by atoms with Crippen LogP contribution in [0, 0.1) is 35.5 Å². The van der Waals surface area contributed by atoms with Gasteiger partial charge in [0, 0.05) is 0 Å². The van der Waals surface area contributed by atoms with Crippen LogP contribution in [0.5, 0.6) is 0 Å². The second-order valence-electron chi connectivity index (χ2n) is 11.6. The van der Waals surface area contributed by atoms with E-state index in [0.717, 1.165) is 41.9 Å². The van der Waals surface area contributed by atoms with Gasteiger partial charge in [-0.1, -0.05) is 75.8 Å². The molecule has 0 radical (unpaired) electrons. The Morgan fingerprint density at radius 2 is 1.00 bits per heavy atom. The molecule has 4 rings (SSSR count). The SMILES string of the molecule is C=CC1CCC(CC2CCC(CC3CCC(Cc4ccc(CC)cc4)CC3)CC2)CC1. The van der Waals surface area contributed by atoms with Gasteiger partial charge in [0.15, 0.2) is 0 Å². The molecule has 0 N–H and O–H groups in total. The van der Waals surface area contributed by atoms with Gasteiger partial charge in [0.25, 0.3) is 0 Å². The maximum Gasteiger partial charge on any atom is -0.0236 e. The smallest absolute Gasteiger partial charge is 0.0236 e. The molecule has 0 unspecified atom stereocenters. The monoisotopic (exact) mass is 420 g/mol. The quantitative estimate of drug-likeness (QED) is 0.368. The van der Waals surface area contributed by atoms with Crippen molar-refractivity contribution in [2.75, 3.05) is 0 Å². The van der Waals surface area contributed by atoms with Crippen LogP contribution >= 0.6 is 0 Å². The first-order chi connectivity index (χ1) is 15.2. The van der Waals surface area contributed by atoms with Crippen molar-refractivity contribution < 1.29 is 0 Å². The highest BCUT2D eigenvalue weighted by Gasteiger charge is 2.29. The average Bonchev–Trinajstić information content (AvgIpc) is 2.82. The minimum Gasteiger partial charge on any atom is -0.103 e. The van der Waals surface area contributed by atoms with Crippen molar-refractivity contribution in [2.45, 2.75) is 110 Å². The van der Waals surface area contributed by atoms with Crippen molar-refractivity contribution in [1.82, 2.24) is 0 Å². The molecule has 0 bridgehead atoms. The van der Waals surface area contributed by atoms with Crippen LogP contribution in [0.15, 0.2) is 36.9 Å². The lowest BCUT2D eigenvalue weighted by Gasteiger charge is -2.36. The van der Waals surface area contributed by atoms with Gasteiger partial charge in [-0.3, -0.25) is 0 Å². The molecule has 0 atom stereocenters. The number of rotatable bonds is 8. The van der Waals surface area contributed by atoms with Crippen molar-refractivity contribution in [1.29, 1.82) is 0 Å². The number of hydrogen-bond donors (Lipinski definition) is 0. The van der Waals surface area contributed by atoms with Crippen LogP contribution in [-0.2, 0) is 12.8 Å². The summed E-state index contributed by atoms with van der Waals surface area (Å²) >= 11 is 0. The predicted octanol–water partition coefficient (Wildman–Crippen LogP) is 9.18. The summed E-state index contributed by atoms with van der Waals surface area (Å²) in [6.07, 6.45) is 25.7. The van der Waals surface area contributed by atoms with E-state index in [1.807, 2.05) is 0 Å². The van der Waals surface area contributed by atoms with E-state index < -0.39 is 0 Å². The normalized spacial score (nSPS) is 34.4. The van der Waals surface area contributed by atoms with Gasteiger partial charge < -0.3 is 0 Å². The molecule has 172 valence electrons. The highest BCUT2D eigenvalue weighted by atomic mass is 14.3. The van der Waals surface area contributed by atoms with E-state index in [-0.39, 0.29) is 0 Å². The fourth-order valence-electron chi connectivity index (χ4n) is 7.22. The third-order valence-electron chi connectivity index (χ3n) is 9.45. The van der Waals surface area contributed by atoms with Gasteiger partial charge in [-0.15, -0.1) is 6.58 Å². The molecule has 3 aliphatic rings. The van der Waals surface area contributed by atoms with Crippen LogP contribution < -0.4 is 0 Å². The zero-order chi connectivity index (χ0) is 21.5. The Labute approximate surface area is 193 Å². The summed E-state index contributed by atoms with van der Waals surface area (Å²) in [5.41, 5.74) is 3.04. The lowest BCUT2D eigenvalue weighted by atomic mass is 9.70. The molecule has 0 amide bonds. The van der Waals surface area contributed by atoms with Crippen LogP contribution in [-0.4, -0.2) is 0 Å². The molecule has 1 aromatic rings. The Hall–Kier alpha value is -1.04. The molecule has 0 heterocycles. The molecule has 31 heavy (non-hydrogen) atoms. The highest BCUT2D eigenvalue weighted by Crippen LogP contribution is 2.42. The Kier molecular flexibility index (Phi) is 8.74. The molecule has 3 fully saturated rings. The first kappa shape index (κ1) is 23.1. The topological polar surface area (TPSA) is 0 Å². The van der Waals surface area contributed by atoms with Crippen molar-refractivity contribution in [3.63, 3.8) is 0 Å². The largest absolute Gasteiger partial charge is 0.103 e. The fourth-order valence-corrected chi connectivity index (χ4v) is 7.22. The van der Waals surface area contributed by atoms with Gasteiger partial charge >= 0.3 is 0 Å². The average molecular weight is 421 g/mol. The Bertz CT molecular complexity index is 631. The highest BCUT2D eigenvalue weighted by molar-refractivity contribution is 5.22. The number of benzene rings is 1.